The summed E-state index contributed by atoms with van der Waals surface area (Å²) >= 11 is 1.74. The molecule has 1 fully saturated rings. The summed E-state index contributed by atoms with van der Waals surface area (Å²) in [4.78, 5) is 15.7. The van der Waals surface area contributed by atoms with Crippen LogP contribution < -0.4 is 5.32 Å². The summed E-state index contributed by atoms with van der Waals surface area (Å²) < 4.78 is 5.72. The smallest absolute Gasteiger partial charge is 0.234 e. The van der Waals surface area contributed by atoms with E-state index in [0.29, 0.717) is 6.54 Å². The normalized spacial score (nSPS) is 19.1. The van der Waals surface area contributed by atoms with E-state index in [4.69, 9.17) is 4.74 Å². The van der Waals surface area contributed by atoms with E-state index in [1.54, 1.807) is 11.3 Å². The van der Waals surface area contributed by atoms with Crippen LogP contribution in [0.3, 0.4) is 0 Å². The van der Waals surface area contributed by atoms with Gasteiger partial charge in [-0.1, -0.05) is 6.07 Å². The molecule has 0 radical (unpaired) electrons. The number of nitrogens with one attached hydrogen (secondary N) is 1. The molecule has 1 atom stereocenters. The van der Waals surface area contributed by atoms with Crippen LogP contribution in [0, 0.1) is 0 Å². The van der Waals surface area contributed by atoms with Gasteiger partial charge in [0.25, 0.3) is 0 Å². The number of carbonyl (C=O) groups excluding carboxylic acids is 1. The number of carbonyl (C=O) groups is 1. The SMILES string of the molecule is CC(C)(C)NC(=O)CN(Cc1cccs1)CC1CCCO1. The average Bonchev–Trinajstić information content (AvgIpc) is 2.99. The van der Waals surface area contributed by atoms with Crippen molar-refractivity contribution in [1.29, 1.82) is 0 Å². The maximum absolute atomic E-state index is 12.2. The molecule has 118 valence electrons. The first-order valence-corrected chi connectivity index (χ1v) is 8.48. The number of ether oxygens (including phenoxy) is 1. The molecule has 0 bridgehead atoms. The van der Waals surface area contributed by atoms with E-state index >= 15 is 0 Å². The van der Waals surface area contributed by atoms with Crippen molar-refractivity contribution in [3.05, 3.63) is 22.4 Å². The molecule has 1 aliphatic heterocycles. The van der Waals surface area contributed by atoms with Gasteiger partial charge in [0, 0.05) is 30.1 Å². The lowest BCUT2D eigenvalue weighted by molar-refractivity contribution is -0.124. The standard InChI is InChI=1S/C16H26N2O2S/c1-16(2,3)17-15(19)12-18(10-13-6-4-8-20-13)11-14-7-5-9-21-14/h5,7,9,13H,4,6,8,10-12H2,1-3H3,(H,17,19). The number of hydrogen-bond donors (Lipinski definition) is 1. The summed E-state index contributed by atoms with van der Waals surface area (Å²) in [5.41, 5.74) is -0.185. The van der Waals surface area contributed by atoms with Crippen LogP contribution in [0.4, 0.5) is 0 Å². The van der Waals surface area contributed by atoms with E-state index in [2.05, 4.69) is 27.7 Å². The molecular formula is C16H26N2O2S. The average molecular weight is 310 g/mol. The van der Waals surface area contributed by atoms with Crippen molar-refractivity contribution in [2.75, 3.05) is 19.7 Å². The highest BCUT2D eigenvalue weighted by Crippen LogP contribution is 2.17. The van der Waals surface area contributed by atoms with Crippen molar-refractivity contribution in [2.24, 2.45) is 0 Å². The Morgan fingerprint density at radius 1 is 1.52 bits per heavy atom. The van der Waals surface area contributed by atoms with Gasteiger partial charge >= 0.3 is 0 Å². The van der Waals surface area contributed by atoms with Gasteiger partial charge in [0.1, 0.15) is 0 Å². The molecule has 1 N–H and O–H groups in total. The first kappa shape index (κ1) is 16.5. The lowest BCUT2D eigenvalue weighted by atomic mass is 10.1. The number of amides is 1. The first-order chi connectivity index (χ1) is 9.92. The Bertz CT molecular complexity index is 434. The summed E-state index contributed by atoms with van der Waals surface area (Å²) in [5, 5.41) is 5.11. The maximum Gasteiger partial charge on any atom is 0.234 e. The lowest BCUT2D eigenvalue weighted by Gasteiger charge is -2.27. The maximum atomic E-state index is 12.2. The van der Waals surface area contributed by atoms with Gasteiger partial charge in [-0.05, 0) is 45.1 Å². The molecule has 1 unspecified atom stereocenters. The highest BCUT2D eigenvalue weighted by atomic mass is 32.1. The molecule has 1 saturated heterocycles. The van der Waals surface area contributed by atoms with Gasteiger partial charge in [-0.25, -0.2) is 0 Å². The minimum Gasteiger partial charge on any atom is -0.377 e. The first-order valence-electron chi connectivity index (χ1n) is 7.60. The molecule has 0 aromatic carbocycles. The molecular weight excluding hydrogens is 284 g/mol. The summed E-state index contributed by atoms with van der Waals surface area (Å²) in [7, 11) is 0. The fourth-order valence-corrected chi connectivity index (χ4v) is 3.29. The van der Waals surface area contributed by atoms with Crippen LogP contribution >= 0.6 is 11.3 Å². The van der Waals surface area contributed by atoms with Crippen molar-refractivity contribution in [1.82, 2.24) is 10.2 Å². The van der Waals surface area contributed by atoms with Gasteiger partial charge in [-0.15, -0.1) is 11.3 Å². The minimum absolute atomic E-state index is 0.0806. The summed E-state index contributed by atoms with van der Waals surface area (Å²) in [5.74, 6) is 0.0806. The predicted molar refractivity (Wildman–Crippen MR) is 86.5 cm³/mol. The highest BCUT2D eigenvalue weighted by Gasteiger charge is 2.22. The predicted octanol–water partition coefficient (Wildman–Crippen LogP) is 2.64. The van der Waals surface area contributed by atoms with Crippen LogP contribution in [0.5, 0.6) is 0 Å². The zero-order valence-electron chi connectivity index (χ0n) is 13.2. The zero-order valence-corrected chi connectivity index (χ0v) is 14.0. The largest absolute Gasteiger partial charge is 0.377 e. The Kier molecular flexibility index (Phi) is 5.79. The quantitative estimate of drug-likeness (QED) is 0.878. The summed E-state index contributed by atoms with van der Waals surface area (Å²) in [6.45, 7) is 8.95. The Labute approximate surface area is 131 Å². The molecule has 0 aliphatic carbocycles. The van der Waals surface area contributed by atoms with Crippen LogP contribution in [-0.4, -0.2) is 42.1 Å². The number of nitrogens with zero attached hydrogens (tertiary/aromatic N) is 1. The Balaban J connectivity index is 1.92. The topological polar surface area (TPSA) is 41.6 Å². The van der Waals surface area contributed by atoms with Gasteiger partial charge < -0.3 is 10.1 Å². The van der Waals surface area contributed by atoms with E-state index in [9.17, 15) is 4.79 Å². The van der Waals surface area contributed by atoms with Crippen LogP contribution in [0.25, 0.3) is 0 Å². The Morgan fingerprint density at radius 3 is 2.90 bits per heavy atom. The van der Waals surface area contributed by atoms with Crippen molar-refractivity contribution < 1.29 is 9.53 Å². The fraction of sp³-hybridized carbons (Fsp3) is 0.688. The van der Waals surface area contributed by atoms with E-state index in [1.807, 2.05) is 20.8 Å². The number of rotatable bonds is 6. The van der Waals surface area contributed by atoms with Crippen LogP contribution in [0.1, 0.15) is 38.5 Å². The third-order valence-corrected chi connectivity index (χ3v) is 4.19. The molecule has 1 aliphatic rings. The Hall–Kier alpha value is -0.910. The van der Waals surface area contributed by atoms with Crippen molar-refractivity contribution in [2.45, 2.75) is 51.8 Å². The molecule has 4 nitrogen and oxygen atoms in total. The molecule has 0 spiro atoms. The zero-order chi connectivity index (χ0) is 15.3. The van der Waals surface area contributed by atoms with E-state index in [0.717, 1.165) is 32.5 Å². The van der Waals surface area contributed by atoms with Gasteiger partial charge in [-0.3, -0.25) is 9.69 Å². The van der Waals surface area contributed by atoms with E-state index in [-0.39, 0.29) is 17.6 Å². The fourth-order valence-electron chi connectivity index (χ4n) is 2.55. The van der Waals surface area contributed by atoms with Crippen LogP contribution in [-0.2, 0) is 16.1 Å². The van der Waals surface area contributed by atoms with Crippen molar-refractivity contribution in [3.63, 3.8) is 0 Å². The molecule has 2 rings (SSSR count). The number of thiophene rings is 1. The van der Waals surface area contributed by atoms with Gasteiger partial charge in [-0.2, -0.15) is 0 Å². The number of hydrogen-bond acceptors (Lipinski definition) is 4. The van der Waals surface area contributed by atoms with Gasteiger partial charge in [0.05, 0.1) is 12.6 Å². The van der Waals surface area contributed by atoms with E-state index in [1.165, 1.54) is 4.88 Å². The molecule has 1 amide bonds. The van der Waals surface area contributed by atoms with Crippen molar-refractivity contribution in [3.8, 4) is 0 Å². The van der Waals surface area contributed by atoms with Gasteiger partial charge in [0.15, 0.2) is 0 Å². The van der Waals surface area contributed by atoms with Crippen LogP contribution in [0.2, 0.25) is 0 Å². The second-order valence-corrected chi connectivity index (χ2v) is 7.71. The van der Waals surface area contributed by atoms with Crippen LogP contribution in [0.15, 0.2) is 17.5 Å². The third kappa shape index (κ3) is 6.16. The molecule has 1 aromatic rings. The monoisotopic (exact) mass is 310 g/mol. The molecule has 2 heterocycles. The lowest BCUT2D eigenvalue weighted by Crippen LogP contribution is -2.47. The minimum atomic E-state index is -0.185. The summed E-state index contributed by atoms with van der Waals surface area (Å²) in [6, 6.07) is 4.17. The highest BCUT2D eigenvalue weighted by molar-refractivity contribution is 7.09. The molecule has 5 heteroatoms. The van der Waals surface area contributed by atoms with Gasteiger partial charge in [0.2, 0.25) is 5.91 Å². The molecule has 0 saturated carbocycles. The second-order valence-electron chi connectivity index (χ2n) is 6.68. The molecule has 1 aromatic heterocycles. The van der Waals surface area contributed by atoms with E-state index < -0.39 is 0 Å². The molecule has 21 heavy (non-hydrogen) atoms. The van der Waals surface area contributed by atoms with Crippen molar-refractivity contribution >= 4 is 17.2 Å². The second kappa shape index (κ2) is 7.38. The Morgan fingerprint density at radius 2 is 2.33 bits per heavy atom. The summed E-state index contributed by atoms with van der Waals surface area (Å²) in [6.07, 6.45) is 2.50. The third-order valence-electron chi connectivity index (χ3n) is 3.33.